The van der Waals surface area contributed by atoms with Crippen molar-refractivity contribution in [1.29, 1.82) is 0 Å². The van der Waals surface area contributed by atoms with E-state index >= 15 is 0 Å². The maximum absolute atomic E-state index is 11.2. The first-order chi connectivity index (χ1) is 7.17. The van der Waals surface area contributed by atoms with Crippen LogP contribution in [0.1, 0.15) is 11.1 Å². The van der Waals surface area contributed by atoms with E-state index in [2.05, 4.69) is 4.74 Å². The van der Waals surface area contributed by atoms with Gasteiger partial charge in [0, 0.05) is 0 Å². The second-order valence-corrected chi connectivity index (χ2v) is 3.47. The Morgan fingerprint density at radius 1 is 1.40 bits per heavy atom. The van der Waals surface area contributed by atoms with Crippen LogP contribution in [0, 0.1) is 6.92 Å². The van der Waals surface area contributed by atoms with Crippen molar-refractivity contribution in [2.24, 2.45) is 0 Å². The van der Waals surface area contributed by atoms with Crippen molar-refractivity contribution in [3.8, 4) is 0 Å². The van der Waals surface area contributed by atoms with Crippen molar-refractivity contribution < 1.29 is 9.53 Å². The Hall–Kier alpha value is -1.28. The van der Waals surface area contributed by atoms with Gasteiger partial charge in [-0.3, -0.25) is 0 Å². The number of alkyl halides is 1. The number of hydrogen-bond donors (Lipinski definition) is 0. The number of halogens is 1. The molecule has 0 heterocycles. The van der Waals surface area contributed by atoms with Crippen LogP contribution in [-0.2, 0) is 9.53 Å². The van der Waals surface area contributed by atoms with Gasteiger partial charge in [0.15, 0.2) is 0 Å². The van der Waals surface area contributed by atoms with Gasteiger partial charge in [0.1, 0.15) is 0 Å². The lowest BCUT2D eigenvalue weighted by Crippen LogP contribution is -2.05. The first-order valence-corrected chi connectivity index (χ1v) is 5.12. The fourth-order valence-electron chi connectivity index (χ4n) is 1.15. The molecule has 1 aromatic carbocycles. The summed E-state index contributed by atoms with van der Waals surface area (Å²) >= 11 is 5.65. The molecule has 0 saturated carbocycles. The van der Waals surface area contributed by atoms with Crippen LogP contribution in [-0.4, -0.2) is 19.0 Å². The molecule has 1 rings (SSSR count). The largest absolute Gasteiger partial charge is 0.466 e. The van der Waals surface area contributed by atoms with Crippen molar-refractivity contribution >= 4 is 23.6 Å². The summed E-state index contributed by atoms with van der Waals surface area (Å²) in [6.45, 7) is 2.01. The third kappa shape index (κ3) is 3.40. The molecule has 3 heteroatoms. The van der Waals surface area contributed by atoms with Gasteiger partial charge < -0.3 is 4.74 Å². The highest BCUT2D eigenvalue weighted by Gasteiger charge is 2.07. The fraction of sp³-hybridized carbons (Fsp3) is 0.250. The van der Waals surface area contributed by atoms with Crippen molar-refractivity contribution in [3.63, 3.8) is 0 Å². The van der Waals surface area contributed by atoms with E-state index in [4.69, 9.17) is 11.6 Å². The number of methoxy groups -OCH3 is 1. The molecule has 80 valence electrons. The van der Waals surface area contributed by atoms with Gasteiger partial charge >= 0.3 is 5.97 Å². The van der Waals surface area contributed by atoms with E-state index in [9.17, 15) is 4.79 Å². The molecular weight excluding hydrogens is 212 g/mol. The van der Waals surface area contributed by atoms with Gasteiger partial charge in [0.25, 0.3) is 0 Å². The number of rotatable bonds is 3. The summed E-state index contributed by atoms with van der Waals surface area (Å²) in [5.74, 6) is -0.230. The quantitative estimate of drug-likeness (QED) is 0.448. The first kappa shape index (κ1) is 11.8. The molecule has 0 N–H and O–H groups in total. The molecule has 0 aliphatic carbocycles. The normalized spacial score (nSPS) is 11.3. The SMILES string of the molecule is COC(=O)/C(=C/c1ccc(C)cc1)CCl. The molecular formula is C12H13ClO2. The molecule has 2 nitrogen and oxygen atoms in total. The number of hydrogen-bond acceptors (Lipinski definition) is 2. The minimum Gasteiger partial charge on any atom is -0.466 e. The summed E-state index contributed by atoms with van der Waals surface area (Å²) < 4.78 is 4.61. The van der Waals surface area contributed by atoms with Crippen LogP contribution in [0.25, 0.3) is 6.08 Å². The highest BCUT2D eigenvalue weighted by Crippen LogP contribution is 2.10. The minimum atomic E-state index is -0.384. The Bertz CT molecular complexity index is 366. The standard InChI is InChI=1S/C12H13ClO2/c1-9-3-5-10(6-4-9)7-11(8-13)12(14)15-2/h3-7H,8H2,1-2H3/b11-7+. The highest BCUT2D eigenvalue weighted by molar-refractivity contribution is 6.23. The van der Waals surface area contributed by atoms with Gasteiger partial charge in [-0.15, -0.1) is 11.6 Å². The number of carbonyl (C=O) groups is 1. The van der Waals surface area contributed by atoms with Gasteiger partial charge in [-0.1, -0.05) is 29.8 Å². The first-order valence-electron chi connectivity index (χ1n) is 4.59. The summed E-state index contributed by atoms with van der Waals surface area (Å²) in [6, 6.07) is 7.83. The Labute approximate surface area is 94.5 Å². The molecule has 15 heavy (non-hydrogen) atoms. The van der Waals surface area contributed by atoms with Crippen LogP contribution in [0.15, 0.2) is 29.8 Å². The second kappa shape index (κ2) is 5.56. The predicted octanol–water partition coefficient (Wildman–Crippen LogP) is 2.79. The van der Waals surface area contributed by atoms with Crippen molar-refractivity contribution in [3.05, 3.63) is 41.0 Å². The maximum atomic E-state index is 11.2. The number of aryl methyl sites for hydroxylation is 1. The number of ether oxygens (including phenoxy) is 1. The molecule has 0 amide bonds. The zero-order valence-electron chi connectivity index (χ0n) is 8.79. The fourth-order valence-corrected chi connectivity index (χ4v) is 1.33. The van der Waals surface area contributed by atoms with E-state index in [-0.39, 0.29) is 11.8 Å². The topological polar surface area (TPSA) is 26.3 Å². The van der Waals surface area contributed by atoms with Crippen molar-refractivity contribution in [1.82, 2.24) is 0 Å². The summed E-state index contributed by atoms with van der Waals surface area (Å²) in [5, 5.41) is 0. The molecule has 0 bridgehead atoms. The Morgan fingerprint density at radius 2 is 2.00 bits per heavy atom. The molecule has 0 unspecified atom stereocenters. The smallest absolute Gasteiger partial charge is 0.334 e. The van der Waals surface area contributed by atoms with Crippen molar-refractivity contribution in [2.45, 2.75) is 6.92 Å². The predicted molar refractivity (Wildman–Crippen MR) is 61.9 cm³/mol. The summed E-state index contributed by atoms with van der Waals surface area (Å²) in [6.07, 6.45) is 1.73. The van der Waals surface area contributed by atoms with Crippen LogP contribution in [0.3, 0.4) is 0 Å². The van der Waals surface area contributed by atoms with E-state index in [1.54, 1.807) is 6.08 Å². The molecule has 0 fully saturated rings. The molecule has 0 aliphatic heterocycles. The van der Waals surface area contributed by atoms with Crippen LogP contribution in [0.5, 0.6) is 0 Å². The molecule has 0 saturated heterocycles. The molecule has 0 aliphatic rings. The molecule has 0 aromatic heterocycles. The van der Waals surface area contributed by atoms with E-state index in [1.165, 1.54) is 12.7 Å². The average molecular weight is 225 g/mol. The lowest BCUT2D eigenvalue weighted by Gasteiger charge is -2.01. The van der Waals surface area contributed by atoms with E-state index in [0.717, 1.165) is 5.56 Å². The molecule has 0 atom stereocenters. The van der Waals surface area contributed by atoms with Crippen LogP contribution < -0.4 is 0 Å². The number of carbonyl (C=O) groups excluding carboxylic acids is 1. The summed E-state index contributed by atoms with van der Waals surface area (Å²) in [4.78, 5) is 11.2. The highest BCUT2D eigenvalue weighted by atomic mass is 35.5. The van der Waals surface area contributed by atoms with E-state index < -0.39 is 0 Å². The number of benzene rings is 1. The van der Waals surface area contributed by atoms with E-state index in [0.29, 0.717) is 5.57 Å². The minimum absolute atomic E-state index is 0.153. The number of esters is 1. The monoisotopic (exact) mass is 224 g/mol. The average Bonchev–Trinajstić information content (AvgIpc) is 2.27. The molecule has 0 radical (unpaired) electrons. The van der Waals surface area contributed by atoms with Crippen LogP contribution in [0.2, 0.25) is 0 Å². The van der Waals surface area contributed by atoms with Gasteiger partial charge in [-0.2, -0.15) is 0 Å². The maximum Gasteiger partial charge on any atom is 0.334 e. The third-order valence-corrected chi connectivity index (χ3v) is 2.30. The van der Waals surface area contributed by atoms with Crippen LogP contribution in [0.4, 0.5) is 0 Å². The zero-order chi connectivity index (χ0) is 11.3. The van der Waals surface area contributed by atoms with Gasteiger partial charge in [0.05, 0.1) is 18.6 Å². The lowest BCUT2D eigenvalue weighted by atomic mass is 10.1. The second-order valence-electron chi connectivity index (χ2n) is 3.21. The zero-order valence-corrected chi connectivity index (χ0v) is 9.54. The Balaban J connectivity index is 2.93. The Morgan fingerprint density at radius 3 is 2.47 bits per heavy atom. The third-order valence-electron chi connectivity index (χ3n) is 2.01. The Kier molecular flexibility index (Phi) is 4.37. The van der Waals surface area contributed by atoms with Crippen LogP contribution >= 0.6 is 11.6 Å². The summed E-state index contributed by atoms with van der Waals surface area (Å²) in [5.41, 5.74) is 2.59. The van der Waals surface area contributed by atoms with E-state index in [1.807, 2.05) is 31.2 Å². The van der Waals surface area contributed by atoms with Gasteiger partial charge in [0.2, 0.25) is 0 Å². The lowest BCUT2D eigenvalue weighted by molar-refractivity contribution is -0.135. The van der Waals surface area contributed by atoms with Gasteiger partial charge in [-0.05, 0) is 18.6 Å². The molecule has 1 aromatic rings. The van der Waals surface area contributed by atoms with Gasteiger partial charge in [-0.25, -0.2) is 4.79 Å². The summed E-state index contributed by atoms with van der Waals surface area (Å²) in [7, 11) is 1.35. The molecule has 0 spiro atoms. The van der Waals surface area contributed by atoms with Crippen molar-refractivity contribution in [2.75, 3.05) is 13.0 Å².